The van der Waals surface area contributed by atoms with Crippen molar-refractivity contribution in [1.82, 2.24) is 10.3 Å². The molecule has 0 fully saturated rings. The summed E-state index contributed by atoms with van der Waals surface area (Å²) in [6.07, 6.45) is 7.45. The average Bonchev–Trinajstić information content (AvgIpc) is 2.96. The van der Waals surface area contributed by atoms with Crippen molar-refractivity contribution in [2.45, 2.75) is 70.4 Å². The van der Waals surface area contributed by atoms with E-state index in [9.17, 15) is 0 Å². The largest absolute Gasteiger partial charge is 0.377 e. The van der Waals surface area contributed by atoms with E-state index < -0.39 is 0 Å². The number of rotatable bonds is 8. The molecule has 0 aliphatic heterocycles. The van der Waals surface area contributed by atoms with Crippen LogP contribution in [0, 0.1) is 0 Å². The minimum atomic E-state index is -0.0982. The van der Waals surface area contributed by atoms with Crippen molar-refractivity contribution in [3.8, 4) is 0 Å². The van der Waals surface area contributed by atoms with Crippen LogP contribution in [0.4, 0.5) is 0 Å². The maximum atomic E-state index is 6.03. The van der Waals surface area contributed by atoms with E-state index in [-0.39, 0.29) is 5.60 Å². The molecule has 1 aliphatic carbocycles. The molecule has 3 heteroatoms. The first-order valence-electron chi connectivity index (χ1n) is 8.44. The second-order valence-corrected chi connectivity index (χ2v) is 6.10. The van der Waals surface area contributed by atoms with Crippen molar-refractivity contribution in [3.63, 3.8) is 0 Å². The second-order valence-electron chi connectivity index (χ2n) is 6.10. The van der Waals surface area contributed by atoms with Crippen LogP contribution in [0.1, 0.15) is 63.6 Å². The van der Waals surface area contributed by atoms with Gasteiger partial charge >= 0.3 is 0 Å². The van der Waals surface area contributed by atoms with Crippen molar-refractivity contribution < 1.29 is 4.74 Å². The van der Waals surface area contributed by atoms with Crippen LogP contribution in [0.2, 0.25) is 0 Å². The number of hydrogen-bond acceptors (Lipinski definition) is 3. The van der Waals surface area contributed by atoms with Crippen LogP contribution < -0.4 is 5.32 Å². The van der Waals surface area contributed by atoms with E-state index in [0.717, 1.165) is 32.2 Å². The predicted molar refractivity (Wildman–Crippen MR) is 87.7 cm³/mol. The summed E-state index contributed by atoms with van der Waals surface area (Å²) in [5.74, 6) is 0.465. The first kappa shape index (κ1) is 16.4. The van der Waals surface area contributed by atoms with E-state index in [0.29, 0.717) is 12.0 Å². The Hall–Kier alpha value is -0.930. The van der Waals surface area contributed by atoms with Gasteiger partial charge in [-0.05, 0) is 50.3 Å². The number of aromatic nitrogens is 1. The van der Waals surface area contributed by atoms with Gasteiger partial charge < -0.3 is 10.1 Å². The molecule has 2 unspecified atom stereocenters. The highest BCUT2D eigenvalue weighted by Gasteiger charge is 2.43. The molecule has 1 heterocycles. The van der Waals surface area contributed by atoms with Gasteiger partial charge in [-0.2, -0.15) is 0 Å². The van der Waals surface area contributed by atoms with Gasteiger partial charge in [-0.15, -0.1) is 0 Å². The average molecular weight is 290 g/mol. The molecule has 1 aromatic heterocycles. The third kappa shape index (κ3) is 3.14. The number of fused-ring (bicyclic) bond motifs is 1. The maximum Gasteiger partial charge on any atom is 0.0832 e. The topological polar surface area (TPSA) is 34.2 Å². The highest BCUT2D eigenvalue weighted by molar-refractivity contribution is 5.31. The lowest BCUT2D eigenvalue weighted by atomic mass is 9.79. The zero-order chi connectivity index (χ0) is 15.3. The molecule has 1 aliphatic rings. The fraction of sp³-hybridized carbons (Fsp3) is 0.722. The highest BCUT2D eigenvalue weighted by Crippen LogP contribution is 2.40. The van der Waals surface area contributed by atoms with E-state index in [2.05, 4.69) is 38.2 Å². The van der Waals surface area contributed by atoms with Crippen molar-refractivity contribution in [3.05, 3.63) is 29.6 Å². The van der Waals surface area contributed by atoms with E-state index in [1.807, 2.05) is 13.3 Å². The summed E-state index contributed by atoms with van der Waals surface area (Å²) >= 11 is 0. The van der Waals surface area contributed by atoms with Gasteiger partial charge in [-0.3, -0.25) is 4.98 Å². The van der Waals surface area contributed by atoms with E-state index >= 15 is 0 Å². The second kappa shape index (κ2) is 7.37. The summed E-state index contributed by atoms with van der Waals surface area (Å²) < 4.78 is 6.03. The van der Waals surface area contributed by atoms with Crippen molar-refractivity contribution in [2.75, 3.05) is 13.7 Å². The van der Waals surface area contributed by atoms with E-state index in [1.165, 1.54) is 17.7 Å². The number of pyridine rings is 1. The number of nitrogens with zero attached hydrogens (tertiary/aromatic N) is 1. The minimum absolute atomic E-state index is 0.0982. The molecule has 0 amide bonds. The molecule has 118 valence electrons. The highest BCUT2D eigenvalue weighted by atomic mass is 16.5. The molecule has 0 radical (unpaired) electrons. The minimum Gasteiger partial charge on any atom is -0.377 e. The summed E-state index contributed by atoms with van der Waals surface area (Å²) in [6, 6.07) is 4.62. The zero-order valence-corrected chi connectivity index (χ0v) is 14.0. The fourth-order valence-corrected chi connectivity index (χ4v) is 3.87. The molecule has 2 atom stereocenters. The molecular weight excluding hydrogens is 260 g/mol. The quantitative estimate of drug-likeness (QED) is 0.793. The lowest BCUT2D eigenvalue weighted by Gasteiger charge is -2.42. The molecule has 21 heavy (non-hydrogen) atoms. The van der Waals surface area contributed by atoms with Crippen LogP contribution in [-0.2, 0) is 11.2 Å². The molecule has 1 aromatic rings. The van der Waals surface area contributed by atoms with Gasteiger partial charge in [0.05, 0.1) is 5.60 Å². The molecule has 2 rings (SSSR count). The molecule has 0 saturated carbocycles. The van der Waals surface area contributed by atoms with Crippen LogP contribution in [0.5, 0.6) is 0 Å². The van der Waals surface area contributed by atoms with Gasteiger partial charge in [-0.25, -0.2) is 0 Å². The number of hydrogen-bond donors (Lipinski definition) is 1. The van der Waals surface area contributed by atoms with Crippen molar-refractivity contribution >= 4 is 0 Å². The van der Waals surface area contributed by atoms with E-state index in [4.69, 9.17) is 9.72 Å². The Labute approximate surface area is 129 Å². The third-order valence-electron chi connectivity index (χ3n) is 5.19. The van der Waals surface area contributed by atoms with Crippen LogP contribution in [0.3, 0.4) is 0 Å². The third-order valence-corrected chi connectivity index (χ3v) is 5.19. The summed E-state index contributed by atoms with van der Waals surface area (Å²) in [5, 5.41) is 3.78. The number of aryl methyl sites for hydroxylation is 1. The van der Waals surface area contributed by atoms with Gasteiger partial charge in [0.2, 0.25) is 0 Å². The Bertz CT molecular complexity index is 434. The van der Waals surface area contributed by atoms with Gasteiger partial charge in [0.15, 0.2) is 0 Å². The van der Waals surface area contributed by atoms with Gasteiger partial charge in [0.25, 0.3) is 0 Å². The first-order valence-corrected chi connectivity index (χ1v) is 8.44. The number of nitrogens with one attached hydrogen (secondary N) is 1. The summed E-state index contributed by atoms with van der Waals surface area (Å²) in [5.41, 5.74) is 2.61. The Balaban J connectivity index is 2.33. The summed E-state index contributed by atoms with van der Waals surface area (Å²) in [4.78, 5) is 4.69. The molecule has 0 aromatic carbocycles. The lowest BCUT2D eigenvalue weighted by molar-refractivity contribution is -0.0545. The summed E-state index contributed by atoms with van der Waals surface area (Å²) in [7, 11) is 1.86. The standard InChI is InChI=1S/C18H30N2O/c1-5-12-20-17(18(6-2,7-3)21-4)15-11-10-14-9-8-13-19-16(14)15/h8-9,13,15,17,20H,5-7,10-12H2,1-4H3. The van der Waals surface area contributed by atoms with Crippen LogP contribution in [-0.4, -0.2) is 30.3 Å². The first-order chi connectivity index (χ1) is 10.2. The number of ether oxygens (including phenoxy) is 1. The monoisotopic (exact) mass is 290 g/mol. The zero-order valence-electron chi connectivity index (χ0n) is 14.0. The normalized spacial score (nSPS) is 19.5. The molecule has 0 saturated heterocycles. The Morgan fingerprint density at radius 2 is 2.14 bits per heavy atom. The van der Waals surface area contributed by atoms with Crippen LogP contribution in [0.15, 0.2) is 18.3 Å². The smallest absolute Gasteiger partial charge is 0.0832 e. The number of methoxy groups -OCH3 is 1. The predicted octanol–water partition coefficient (Wildman–Crippen LogP) is 3.68. The molecule has 3 nitrogen and oxygen atoms in total. The van der Waals surface area contributed by atoms with E-state index in [1.54, 1.807) is 0 Å². The van der Waals surface area contributed by atoms with Crippen LogP contribution in [0.25, 0.3) is 0 Å². The molecular formula is C18H30N2O. The molecule has 0 spiro atoms. The Morgan fingerprint density at radius 1 is 1.38 bits per heavy atom. The molecule has 1 N–H and O–H groups in total. The lowest BCUT2D eigenvalue weighted by Crippen LogP contribution is -2.54. The van der Waals surface area contributed by atoms with Gasteiger partial charge in [-0.1, -0.05) is 26.8 Å². The Kier molecular flexibility index (Phi) is 5.77. The molecule has 0 bridgehead atoms. The van der Waals surface area contributed by atoms with Gasteiger partial charge in [0, 0.05) is 31.0 Å². The summed E-state index contributed by atoms with van der Waals surface area (Å²) in [6.45, 7) is 7.73. The van der Waals surface area contributed by atoms with Crippen molar-refractivity contribution in [1.29, 1.82) is 0 Å². The maximum absolute atomic E-state index is 6.03. The fourth-order valence-electron chi connectivity index (χ4n) is 3.87. The van der Waals surface area contributed by atoms with Crippen LogP contribution >= 0.6 is 0 Å². The Morgan fingerprint density at radius 3 is 2.76 bits per heavy atom. The SMILES string of the molecule is CCCNC(C1CCc2cccnc21)C(CC)(CC)OC. The van der Waals surface area contributed by atoms with Gasteiger partial charge in [0.1, 0.15) is 0 Å². The van der Waals surface area contributed by atoms with Crippen molar-refractivity contribution in [2.24, 2.45) is 0 Å².